The van der Waals surface area contributed by atoms with Crippen molar-refractivity contribution in [3.8, 4) is 5.75 Å². The lowest BCUT2D eigenvalue weighted by molar-refractivity contribution is 0.0936. The Morgan fingerprint density at radius 1 is 0.960 bits per heavy atom. The predicted octanol–water partition coefficient (Wildman–Crippen LogP) is 3.02. The van der Waals surface area contributed by atoms with Crippen LogP contribution in [0.15, 0.2) is 42.5 Å². The number of aryl methyl sites for hydroxylation is 2. The highest BCUT2D eigenvalue weighted by molar-refractivity contribution is 5.95. The first-order chi connectivity index (χ1) is 11.9. The van der Waals surface area contributed by atoms with Gasteiger partial charge in [0.25, 0.3) is 5.91 Å². The van der Waals surface area contributed by atoms with Gasteiger partial charge in [0.15, 0.2) is 0 Å². The Bertz CT molecular complexity index is 757. The maximum absolute atomic E-state index is 12.0. The summed E-state index contributed by atoms with van der Waals surface area (Å²) in [6.07, 6.45) is 0. The highest BCUT2D eigenvalue weighted by Gasteiger charge is 2.15. The van der Waals surface area contributed by atoms with E-state index in [1.807, 2.05) is 51.1 Å². The number of hydrogen-bond acceptors (Lipinski definition) is 3. The van der Waals surface area contributed by atoms with Gasteiger partial charge in [-0.1, -0.05) is 35.4 Å². The Labute approximate surface area is 147 Å². The van der Waals surface area contributed by atoms with Crippen LogP contribution >= 0.6 is 0 Å². The van der Waals surface area contributed by atoms with Crippen LogP contribution in [0.25, 0.3) is 0 Å². The molecule has 1 atom stereocenters. The molecular formula is C19H23N3O3. The van der Waals surface area contributed by atoms with E-state index in [-0.39, 0.29) is 11.9 Å². The van der Waals surface area contributed by atoms with E-state index < -0.39 is 6.03 Å². The van der Waals surface area contributed by atoms with Crippen LogP contribution in [0.4, 0.5) is 4.79 Å². The van der Waals surface area contributed by atoms with E-state index in [4.69, 9.17) is 4.74 Å². The first-order valence-corrected chi connectivity index (χ1v) is 7.98. The standard InChI is InChI=1S/C19H23N3O3/c1-12-5-8-15(9-6-12)18(23)21-22-19(24)20-14(3)16-11-13(2)7-10-17(16)25-4/h5-11,14H,1-4H3,(H,21,23)(H2,20,22,24)/t14-/m0/s1. The second kappa shape index (κ2) is 8.19. The van der Waals surface area contributed by atoms with Crippen LogP contribution in [-0.4, -0.2) is 19.0 Å². The summed E-state index contributed by atoms with van der Waals surface area (Å²) in [5.41, 5.74) is 8.20. The van der Waals surface area contributed by atoms with Gasteiger partial charge in [0, 0.05) is 11.1 Å². The molecule has 0 aliphatic heterocycles. The number of hydrazine groups is 1. The van der Waals surface area contributed by atoms with Gasteiger partial charge in [-0.25, -0.2) is 10.2 Å². The van der Waals surface area contributed by atoms with Gasteiger partial charge in [-0.15, -0.1) is 0 Å². The van der Waals surface area contributed by atoms with Gasteiger partial charge in [-0.05, 0) is 39.0 Å². The summed E-state index contributed by atoms with van der Waals surface area (Å²) < 4.78 is 5.33. The van der Waals surface area contributed by atoms with E-state index in [1.54, 1.807) is 19.2 Å². The molecular weight excluding hydrogens is 318 g/mol. The zero-order valence-corrected chi connectivity index (χ0v) is 14.8. The minimum absolute atomic E-state index is 0.286. The minimum Gasteiger partial charge on any atom is -0.496 e. The second-order valence-corrected chi connectivity index (χ2v) is 5.89. The number of benzene rings is 2. The van der Waals surface area contributed by atoms with E-state index in [0.29, 0.717) is 11.3 Å². The minimum atomic E-state index is -0.503. The number of carbonyl (C=O) groups is 2. The fourth-order valence-electron chi connectivity index (χ4n) is 2.39. The van der Waals surface area contributed by atoms with Crippen molar-refractivity contribution < 1.29 is 14.3 Å². The van der Waals surface area contributed by atoms with Gasteiger partial charge in [0.1, 0.15) is 5.75 Å². The molecule has 6 heteroatoms. The van der Waals surface area contributed by atoms with E-state index in [0.717, 1.165) is 16.7 Å². The number of urea groups is 1. The lowest BCUT2D eigenvalue weighted by Gasteiger charge is -2.18. The van der Waals surface area contributed by atoms with Crippen LogP contribution in [0.5, 0.6) is 5.75 Å². The molecule has 0 saturated carbocycles. The third-order valence-electron chi connectivity index (χ3n) is 3.80. The second-order valence-electron chi connectivity index (χ2n) is 5.89. The highest BCUT2D eigenvalue weighted by atomic mass is 16.5. The Balaban J connectivity index is 1.92. The molecule has 6 nitrogen and oxygen atoms in total. The zero-order valence-electron chi connectivity index (χ0n) is 14.8. The summed E-state index contributed by atoms with van der Waals surface area (Å²) in [6, 6.07) is 12.0. The van der Waals surface area contributed by atoms with Gasteiger partial charge in [-0.3, -0.25) is 10.2 Å². The van der Waals surface area contributed by atoms with E-state index in [9.17, 15) is 9.59 Å². The molecule has 0 bridgehead atoms. The smallest absolute Gasteiger partial charge is 0.333 e. The number of nitrogens with one attached hydrogen (secondary N) is 3. The van der Waals surface area contributed by atoms with Crippen molar-refractivity contribution in [2.45, 2.75) is 26.8 Å². The quantitative estimate of drug-likeness (QED) is 0.748. The Hall–Kier alpha value is -3.02. The molecule has 132 valence electrons. The van der Waals surface area contributed by atoms with Crippen LogP contribution < -0.4 is 20.9 Å². The summed E-state index contributed by atoms with van der Waals surface area (Å²) >= 11 is 0. The molecule has 0 saturated heterocycles. The molecule has 2 rings (SSSR count). The molecule has 0 radical (unpaired) electrons. The molecule has 3 amide bonds. The molecule has 0 unspecified atom stereocenters. The van der Waals surface area contributed by atoms with Gasteiger partial charge < -0.3 is 10.1 Å². The first kappa shape index (κ1) is 18.3. The van der Waals surface area contributed by atoms with Crippen molar-refractivity contribution in [3.63, 3.8) is 0 Å². The molecule has 0 aliphatic carbocycles. The Kier molecular flexibility index (Phi) is 6.00. The molecule has 0 fully saturated rings. The largest absolute Gasteiger partial charge is 0.496 e. The number of carbonyl (C=O) groups excluding carboxylic acids is 2. The number of ether oxygens (including phenoxy) is 1. The lowest BCUT2D eigenvalue weighted by Crippen LogP contribution is -2.47. The van der Waals surface area contributed by atoms with Crippen LogP contribution in [-0.2, 0) is 0 Å². The maximum Gasteiger partial charge on any atom is 0.333 e. The molecule has 25 heavy (non-hydrogen) atoms. The van der Waals surface area contributed by atoms with Crippen LogP contribution in [0, 0.1) is 13.8 Å². The van der Waals surface area contributed by atoms with Crippen LogP contribution in [0.1, 0.15) is 40.0 Å². The zero-order chi connectivity index (χ0) is 18.4. The fourth-order valence-corrected chi connectivity index (χ4v) is 2.39. The Morgan fingerprint density at radius 2 is 1.60 bits per heavy atom. The maximum atomic E-state index is 12.0. The van der Waals surface area contributed by atoms with Crippen LogP contribution in [0.3, 0.4) is 0 Å². The highest BCUT2D eigenvalue weighted by Crippen LogP contribution is 2.25. The van der Waals surface area contributed by atoms with E-state index in [1.165, 1.54) is 0 Å². The van der Waals surface area contributed by atoms with Gasteiger partial charge >= 0.3 is 6.03 Å². The summed E-state index contributed by atoms with van der Waals surface area (Å²) in [7, 11) is 1.59. The van der Waals surface area contributed by atoms with Crippen LogP contribution in [0.2, 0.25) is 0 Å². The van der Waals surface area contributed by atoms with Crippen molar-refractivity contribution in [1.82, 2.24) is 16.2 Å². The number of methoxy groups -OCH3 is 1. The molecule has 3 N–H and O–H groups in total. The third kappa shape index (κ3) is 4.97. The Morgan fingerprint density at radius 3 is 2.24 bits per heavy atom. The summed E-state index contributed by atoms with van der Waals surface area (Å²) in [5.74, 6) is 0.318. The molecule has 0 spiro atoms. The predicted molar refractivity (Wildman–Crippen MR) is 96.5 cm³/mol. The SMILES string of the molecule is COc1ccc(C)cc1[C@H](C)NC(=O)NNC(=O)c1ccc(C)cc1. The topological polar surface area (TPSA) is 79.5 Å². The molecule has 2 aromatic carbocycles. The number of amides is 3. The third-order valence-corrected chi connectivity index (χ3v) is 3.80. The normalized spacial score (nSPS) is 11.4. The van der Waals surface area contributed by atoms with E-state index >= 15 is 0 Å². The summed E-state index contributed by atoms with van der Waals surface area (Å²) in [5, 5.41) is 2.77. The average molecular weight is 341 g/mol. The van der Waals surface area contributed by atoms with Crippen molar-refractivity contribution in [2.75, 3.05) is 7.11 Å². The number of hydrogen-bond donors (Lipinski definition) is 3. The van der Waals surface area contributed by atoms with Gasteiger partial charge in [0.05, 0.1) is 13.2 Å². The monoisotopic (exact) mass is 341 g/mol. The number of rotatable bonds is 4. The van der Waals surface area contributed by atoms with Gasteiger partial charge in [0.2, 0.25) is 0 Å². The molecule has 0 aromatic heterocycles. The average Bonchev–Trinajstić information content (AvgIpc) is 2.60. The summed E-state index contributed by atoms with van der Waals surface area (Å²) in [4.78, 5) is 24.0. The first-order valence-electron chi connectivity index (χ1n) is 7.98. The molecule has 0 aliphatic rings. The van der Waals surface area contributed by atoms with E-state index in [2.05, 4.69) is 16.2 Å². The van der Waals surface area contributed by atoms with Crippen molar-refractivity contribution in [3.05, 3.63) is 64.7 Å². The van der Waals surface area contributed by atoms with Crippen molar-refractivity contribution in [2.24, 2.45) is 0 Å². The van der Waals surface area contributed by atoms with Gasteiger partial charge in [-0.2, -0.15) is 0 Å². The van der Waals surface area contributed by atoms with Crippen molar-refractivity contribution in [1.29, 1.82) is 0 Å². The lowest BCUT2D eigenvalue weighted by atomic mass is 10.0. The molecule has 0 heterocycles. The van der Waals surface area contributed by atoms with Crippen molar-refractivity contribution >= 4 is 11.9 Å². The fraction of sp³-hybridized carbons (Fsp3) is 0.263. The summed E-state index contributed by atoms with van der Waals surface area (Å²) in [6.45, 7) is 5.75. The molecule has 2 aromatic rings.